The summed E-state index contributed by atoms with van der Waals surface area (Å²) >= 11 is 0. The highest BCUT2D eigenvalue weighted by molar-refractivity contribution is 5.30. The zero-order valence-electron chi connectivity index (χ0n) is 6.94. The molecule has 12 heavy (non-hydrogen) atoms. The first-order valence-electron chi connectivity index (χ1n) is 3.76. The van der Waals surface area contributed by atoms with Crippen LogP contribution in [0.2, 0.25) is 0 Å². The predicted molar refractivity (Wildman–Crippen MR) is 47.3 cm³/mol. The molecular weight excluding hydrogens is 154 g/mol. The van der Waals surface area contributed by atoms with Crippen LogP contribution in [0.1, 0.15) is 18.5 Å². The minimum Gasteiger partial charge on any atom is -0.391 e. The standard InChI is InChI=1S/C8H13N3O/c1-5(12)8(10)6-2-3-7(9)11-4-6/h2-5,8,12H,10H2,1H3,(H2,9,11)/t5-,8-/m0/s1. The van der Waals surface area contributed by atoms with Crippen molar-refractivity contribution in [3.05, 3.63) is 23.9 Å². The van der Waals surface area contributed by atoms with Crippen LogP contribution in [0, 0.1) is 0 Å². The normalized spacial score (nSPS) is 15.6. The number of anilines is 1. The Morgan fingerprint density at radius 1 is 1.50 bits per heavy atom. The van der Waals surface area contributed by atoms with Gasteiger partial charge in [0.1, 0.15) is 5.82 Å². The van der Waals surface area contributed by atoms with Crippen LogP contribution >= 0.6 is 0 Å². The third kappa shape index (κ3) is 1.93. The lowest BCUT2D eigenvalue weighted by Crippen LogP contribution is -2.23. The van der Waals surface area contributed by atoms with E-state index in [1.54, 1.807) is 25.3 Å². The van der Waals surface area contributed by atoms with Gasteiger partial charge in [0.25, 0.3) is 0 Å². The van der Waals surface area contributed by atoms with Crippen LogP contribution in [0.15, 0.2) is 18.3 Å². The highest BCUT2D eigenvalue weighted by atomic mass is 16.3. The van der Waals surface area contributed by atoms with Crippen molar-refractivity contribution in [2.75, 3.05) is 5.73 Å². The topological polar surface area (TPSA) is 85.2 Å². The van der Waals surface area contributed by atoms with Crippen LogP contribution in [0.3, 0.4) is 0 Å². The van der Waals surface area contributed by atoms with Gasteiger partial charge in [0, 0.05) is 6.20 Å². The van der Waals surface area contributed by atoms with Crippen LogP contribution in [-0.2, 0) is 0 Å². The average molecular weight is 167 g/mol. The Morgan fingerprint density at radius 3 is 2.58 bits per heavy atom. The van der Waals surface area contributed by atoms with Gasteiger partial charge in [-0.2, -0.15) is 0 Å². The predicted octanol–water partition coefficient (Wildman–Crippen LogP) is 0.0444. The molecule has 0 saturated carbocycles. The van der Waals surface area contributed by atoms with E-state index in [2.05, 4.69) is 4.98 Å². The number of nitrogens with zero attached hydrogens (tertiary/aromatic N) is 1. The van der Waals surface area contributed by atoms with E-state index in [-0.39, 0.29) is 0 Å². The highest BCUT2D eigenvalue weighted by Crippen LogP contribution is 2.13. The van der Waals surface area contributed by atoms with Gasteiger partial charge in [-0.05, 0) is 18.6 Å². The summed E-state index contributed by atoms with van der Waals surface area (Å²) < 4.78 is 0. The van der Waals surface area contributed by atoms with E-state index < -0.39 is 12.1 Å². The summed E-state index contributed by atoms with van der Waals surface area (Å²) in [5, 5.41) is 9.16. The van der Waals surface area contributed by atoms with Gasteiger partial charge in [-0.25, -0.2) is 4.98 Å². The molecule has 1 heterocycles. The zero-order chi connectivity index (χ0) is 9.14. The number of hydrogen-bond donors (Lipinski definition) is 3. The van der Waals surface area contributed by atoms with E-state index in [1.165, 1.54) is 0 Å². The molecule has 2 atom stereocenters. The number of rotatable bonds is 2. The number of aliphatic hydroxyl groups is 1. The number of aromatic nitrogens is 1. The molecule has 0 unspecified atom stereocenters. The molecule has 0 aliphatic heterocycles. The fraction of sp³-hybridized carbons (Fsp3) is 0.375. The molecule has 0 aliphatic rings. The largest absolute Gasteiger partial charge is 0.391 e. The molecule has 0 spiro atoms. The van der Waals surface area contributed by atoms with Gasteiger partial charge in [-0.1, -0.05) is 6.07 Å². The Morgan fingerprint density at radius 2 is 2.17 bits per heavy atom. The molecule has 0 aromatic carbocycles. The Balaban J connectivity index is 2.82. The van der Waals surface area contributed by atoms with E-state index >= 15 is 0 Å². The van der Waals surface area contributed by atoms with Crippen LogP contribution in [0.5, 0.6) is 0 Å². The van der Waals surface area contributed by atoms with Crippen molar-refractivity contribution in [1.29, 1.82) is 0 Å². The number of nitrogens with two attached hydrogens (primary N) is 2. The van der Waals surface area contributed by atoms with Crippen molar-refractivity contribution in [1.82, 2.24) is 4.98 Å². The molecule has 0 fully saturated rings. The first kappa shape index (κ1) is 8.96. The Hall–Kier alpha value is -1.13. The van der Waals surface area contributed by atoms with Crippen LogP contribution in [0.4, 0.5) is 5.82 Å². The average Bonchev–Trinajstić information content (AvgIpc) is 2.04. The molecule has 1 aromatic heterocycles. The quantitative estimate of drug-likeness (QED) is 0.580. The van der Waals surface area contributed by atoms with E-state index in [0.717, 1.165) is 5.56 Å². The third-order valence-electron chi connectivity index (χ3n) is 1.71. The van der Waals surface area contributed by atoms with Gasteiger partial charge in [-0.3, -0.25) is 0 Å². The molecule has 1 rings (SSSR count). The van der Waals surface area contributed by atoms with Gasteiger partial charge in [0.2, 0.25) is 0 Å². The van der Waals surface area contributed by atoms with Gasteiger partial charge in [0.15, 0.2) is 0 Å². The van der Waals surface area contributed by atoms with E-state index in [0.29, 0.717) is 5.82 Å². The molecule has 0 amide bonds. The molecule has 0 bridgehead atoms. The molecule has 0 saturated heterocycles. The lowest BCUT2D eigenvalue weighted by atomic mass is 10.1. The maximum atomic E-state index is 9.16. The maximum Gasteiger partial charge on any atom is 0.123 e. The summed E-state index contributed by atoms with van der Waals surface area (Å²) in [5.41, 5.74) is 11.8. The Kier molecular flexibility index (Phi) is 2.62. The first-order chi connectivity index (χ1) is 5.61. The van der Waals surface area contributed by atoms with Gasteiger partial charge in [0.05, 0.1) is 12.1 Å². The molecule has 5 N–H and O–H groups in total. The number of aliphatic hydroxyl groups excluding tert-OH is 1. The van der Waals surface area contributed by atoms with Crippen molar-refractivity contribution in [2.45, 2.75) is 19.1 Å². The summed E-state index contributed by atoms with van der Waals surface area (Å²) in [4.78, 5) is 3.87. The lowest BCUT2D eigenvalue weighted by molar-refractivity contribution is 0.164. The van der Waals surface area contributed by atoms with E-state index in [1.807, 2.05) is 0 Å². The second kappa shape index (κ2) is 3.51. The Bertz CT molecular complexity index is 245. The second-order valence-electron chi connectivity index (χ2n) is 2.78. The number of hydrogen-bond acceptors (Lipinski definition) is 4. The minimum absolute atomic E-state index is 0.391. The fourth-order valence-electron chi connectivity index (χ4n) is 0.892. The minimum atomic E-state index is -0.574. The third-order valence-corrected chi connectivity index (χ3v) is 1.71. The Labute approximate surface area is 71.2 Å². The SMILES string of the molecule is C[C@H](O)[C@H](N)c1ccc(N)nc1. The van der Waals surface area contributed by atoms with Crippen molar-refractivity contribution in [3.63, 3.8) is 0 Å². The number of pyridine rings is 1. The molecule has 1 aromatic rings. The van der Waals surface area contributed by atoms with Crippen molar-refractivity contribution >= 4 is 5.82 Å². The molecule has 4 nitrogen and oxygen atoms in total. The fourth-order valence-corrected chi connectivity index (χ4v) is 0.892. The maximum absolute atomic E-state index is 9.16. The van der Waals surface area contributed by atoms with Gasteiger partial charge < -0.3 is 16.6 Å². The lowest BCUT2D eigenvalue weighted by Gasteiger charge is -2.14. The molecule has 66 valence electrons. The smallest absolute Gasteiger partial charge is 0.123 e. The first-order valence-corrected chi connectivity index (χ1v) is 3.76. The summed E-state index contributed by atoms with van der Waals surface area (Å²) in [7, 11) is 0. The van der Waals surface area contributed by atoms with Gasteiger partial charge >= 0.3 is 0 Å². The second-order valence-corrected chi connectivity index (χ2v) is 2.78. The van der Waals surface area contributed by atoms with Crippen LogP contribution in [-0.4, -0.2) is 16.2 Å². The van der Waals surface area contributed by atoms with Crippen molar-refractivity contribution in [2.24, 2.45) is 5.73 Å². The van der Waals surface area contributed by atoms with E-state index in [9.17, 15) is 0 Å². The summed E-state index contributed by atoms with van der Waals surface area (Å²) in [6, 6.07) is 3.04. The van der Waals surface area contributed by atoms with Gasteiger partial charge in [-0.15, -0.1) is 0 Å². The van der Waals surface area contributed by atoms with Crippen molar-refractivity contribution < 1.29 is 5.11 Å². The number of nitrogen functional groups attached to an aromatic ring is 1. The van der Waals surface area contributed by atoms with E-state index in [4.69, 9.17) is 16.6 Å². The summed E-state index contributed by atoms with van der Waals surface area (Å²) in [6.07, 6.45) is 1.00. The summed E-state index contributed by atoms with van der Waals surface area (Å²) in [6.45, 7) is 1.64. The van der Waals surface area contributed by atoms with Crippen LogP contribution < -0.4 is 11.5 Å². The molecule has 4 heteroatoms. The molecule has 0 aliphatic carbocycles. The zero-order valence-corrected chi connectivity index (χ0v) is 6.94. The monoisotopic (exact) mass is 167 g/mol. The van der Waals surface area contributed by atoms with Crippen molar-refractivity contribution in [3.8, 4) is 0 Å². The summed E-state index contributed by atoms with van der Waals surface area (Å²) in [5.74, 6) is 0.455. The molecule has 0 radical (unpaired) electrons. The van der Waals surface area contributed by atoms with Crippen LogP contribution in [0.25, 0.3) is 0 Å². The molecular formula is C8H13N3O. The highest BCUT2D eigenvalue weighted by Gasteiger charge is 2.11.